The van der Waals surface area contributed by atoms with E-state index in [1.165, 1.54) is 19.3 Å². The van der Waals surface area contributed by atoms with E-state index < -0.39 is 0 Å². The minimum atomic E-state index is -0.0146. The molecule has 104 valence electrons. The van der Waals surface area contributed by atoms with Crippen molar-refractivity contribution in [2.75, 3.05) is 12.4 Å². The normalized spacial score (nSPS) is 22.8. The van der Waals surface area contributed by atoms with Crippen LogP contribution in [0.2, 0.25) is 0 Å². The SMILES string of the molecule is CCC1CCCC(NC(=O)c2cnccc2NC)C1. The molecule has 4 heteroatoms. The zero-order valence-corrected chi connectivity index (χ0v) is 11.8. The summed E-state index contributed by atoms with van der Waals surface area (Å²) in [6.07, 6.45) is 9.25. The second kappa shape index (κ2) is 6.55. The van der Waals surface area contributed by atoms with Gasteiger partial charge < -0.3 is 10.6 Å². The van der Waals surface area contributed by atoms with Crippen molar-refractivity contribution in [1.29, 1.82) is 0 Å². The second-order valence-corrected chi connectivity index (χ2v) is 5.28. The average molecular weight is 261 g/mol. The number of pyridine rings is 1. The smallest absolute Gasteiger partial charge is 0.255 e. The highest BCUT2D eigenvalue weighted by Crippen LogP contribution is 2.27. The number of anilines is 1. The zero-order chi connectivity index (χ0) is 13.7. The van der Waals surface area contributed by atoms with E-state index in [2.05, 4.69) is 22.5 Å². The van der Waals surface area contributed by atoms with Gasteiger partial charge >= 0.3 is 0 Å². The van der Waals surface area contributed by atoms with E-state index >= 15 is 0 Å². The Bertz CT molecular complexity index is 433. The molecule has 0 aliphatic heterocycles. The van der Waals surface area contributed by atoms with Gasteiger partial charge in [0.15, 0.2) is 0 Å². The van der Waals surface area contributed by atoms with Crippen LogP contribution in [0.1, 0.15) is 49.4 Å². The summed E-state index contributed by atoms with van der Waals surface area (Å²) >= 11 is 0. The zero-order valence-electron chi connectivity index (χ0n) is 11.8. The molecule has 2 unspecified atom stereocenters. The molecule has 1 aromatic rings. The first-order valence-electron chi connectivity index (χ1n) is 7.17. The fourth-order valence-electron chi connectivity index (χ4n) is 2.85. The Morgan fingerprint density at radius 1 is 1.47 bits per heavy atom. The first-order valence-corrected chi connectivity index (χ1v) is 7.17. The molecule has 1 saturated carbocycles. The van der Waals surface area contributed by atoms with Crippen molar-refractivity contribution >= 4 is 11.6 Å². The fourth-order valence-corrected chi connectivity index (χ4v) is 2.85. The van der Waals surface area contributed by atoms with Crippen LogP contribution in [0, 0.1) is 5.92 Å². The molecule has 2 N–H and O–H groups in total. The third-order valence-electron chi connectivity index (χ3n) is 4.03. The van der Waals surface area contributed by atoms with E-state index in [9.17, 15) is 4.79 Å². The highest BCUT2D eigenvalue weighted by Gasteiger charge is 2.23. The molecule has 0 saturated heterocycles. The Kier molecular flexibility index (Phi) is 4.77. The maximum atomic E-state index is 12.3. The molecule has 1 amide bonds. The number of carbonyl (C=O) groups excluding carboxylic acids is 1. The molecule has 0 bridgehead atoms. The van der Waals surface area contributed by atoms with Gasteiger partial charge in [-0.15, -0.1) is 0 Å². The lowest BCUT2D eigenvalue weighted by molar-refractivity contribution is 0.0919. The first-order chi connectivity index (χ1) is 9.24. The van der Waals surface area contributed by atoms with Crippen LogP contribution in [-0.4, -0.2) is 24.0 Å². The molecule has 1 heterocycles. The van der Waals surface area contributed by atoms with Crippen molar-refractivity contribution < 1.29 is 4.79 Å². The van der Waals surface area contributed by atoms with E-state index in [-0.39, 0.29) is 5.91 Å². The van der Waals surface area contributed by atoms with Gasteiger partial charge in [0.2, 0.25) is 0 Å². The Morgan fingerprint density at radius 3 is 3.05 bits per heavy atom. The van der Waals surface area contributed by atoms with Crippen molar-refractivity contribution in [2.24, 2.45) is 5.92 Å². The molecule has 0 aromatic carbocycles. The highest BCUT2D eigenvalue weighted by atomic mass is 16.1. The van der Waals surface area contributed by atoms with Crippen molar-refractivity contribution in [1.82, 2.24) is 10.3 Å². The monoisotopic (exact) mass is 261 g/mol. The molecule has 2 rings (SSSR count). The number of rotatable bonds is 4. The van der Waals surface area contributed by atoms with Gasteiger partial charge in [-0.1, -0.05) is 26.2 Å². The summed E-state index contributed by atoms with van der Waals surface area (Å²) in [5.41, 5.74) is 1.46. The fraction of sp³-hybridized carbons (Fsp3) is 0.600. The average Bonchev–Trinajstić information content (AvgIpc) is 2.47. The number of amides is 1. The first kappa shape index (κ1) is 13.8. The summed E-state index contributed by atoms with van der Waals surface area (Å²) in [6, 6.07) is 2.14. The maximum Gasteiger partial charge on any atom is 0.255 e. The largest absolute Gasteiger partial charge is 0.387 e. The Labute approximate surface area is 115 Å². The van der Waals surface area contributed by atoms with Crippen LogP contribution in [-0.2, 0) is 0 Å². The van der Waals surface area contributed by atoms with E-state index in [4.69, 9.17) is 0 Å². The second-order valence-electron chi connectivity index (χ2n) is 5.28. The van der Waals surface area contributed by atoms with Crippen LogP contribution in [0.25, 0.3) is 0 Å². The minimum Gasteiger partial charge on any atom is -0.387 e. The predicted molar refractivity (Wildman–Crippen MR) is 77.3 cm³/mol. The van der Waals surface area contributed by atoms with E-state index in [1.54, 1.807) is 12.4 Å². The highest BCUT2D eigenvalue weighted by molar-refractivity contribution is 5.99. The van der Waals surface area contributed by atoms with E-state index in [0.29, 0.717) is 11.6 Å². The topological polar surface area (TPSA) is 54.0 Å². The van der Waals surface area contributed by atoms with Gasteiger partial charge in [0.25, 0.3) is 5.91 Å². The van der Waals surface area contributed by atoms with Crippen LogP contribution >= 0.6 is 0 Å². The molecule has 2 atom stereocenters. The van der Waals surface area contributed by atoms with Crippen molar-refractivity contribution in [3.05, 3.63) is 24.0 Å². The van der Waals surface area contributed by atoms with Gasteiger partial charge in [-0.2, -0.15) is 0 Å². The number of hydrogen-bond acceptors (Lipinski definition) is 3. The van der Waals surface area contributed by atoms with Gasteiger partial charge in [0.1, 0.15) is 0 Å². The molecular weight excluding hydrogens is 238 g/mol. The van der Waals surface area contributed by atoms with Crippen molar-refractivity contribution in [2.45, 2.75) is 45.1 Å². The number of nitrogens with zero attached hydrogens (tertiary/aromatic N) is 1. The summed E-state index contributed by atoms with van der Waals surface area (Å²) < 4.78 is 0. The lowest BCUT2D eigenvalue weighted by atomic mass is 9.84. The van der Waals surface area contributed by atoms with Crippen LogP contribution in [0.5, 0.6) is 0 Å². The van der Waals surface area contributed by atoms with Crippen LogP contribution in [0.3, 0.4) is 0 Å². The molecular formula is C15H23N3O. The Morgan fingerprint density at radius 2 is 2.32 bits per heavy atom. The van der Waals surface area contributed by atoms with Crippen molar-refractivity contribution in [3.63, 3.8) is 0 Å². The lowest BCUT2D eigenvalue weighted by Gasteiger charge is -2.29. The van der Waals surface area contributed by atoms with Gasteiger partial charge in [-0.3, -0.25) is 9.78 Å². The van der Waals surface area contributed by atoms with Crippen molar-refractivity contribution in [3.8, 4) is 0 Å². The standard InChI is InChI=1S/C15H23N3O/c1-3-11-5-4-6-12(9-11)18-15(19)13-10-17-8-7-14(13)16-2/h7-8,10-12H,3-6,9H2,1-2H3,(H,16,17)(H,18,19). The molecule has 0 radical (unpaired) electrons. The van der Waals surface area contributed by atoms with Crippen LogP contribution in [0.4, 0.5) is 5.69 Å². The van der Waals surface area contributed by atoms with Crippen LogP contribution < -0.4 is 10.6 Å². The Balaban J connectivity index is 2.00. The quantitative estimate of drug-likeness (QED) is 0.876. The predicted octanol–water partition coefficient (Wildman–Crippen LogP) is 2.82. The van der Waals surface area contributed by atoms with E-state index in [0.717, 1.165) is 24.4 Å². The number of hydrogen-bond donors (Lipinski definition) is 2. The van der Waals surface area contributed by atoms with Gasteiger partial charge in [-0.05, 0) is 24.8 Å². The molecule has 4 nitrogen and oxygen atoms in total. The van der Waals surface area contributed by atoms with Crippen LogP contribution in [0.15, 0.2) is 18.5 Å². The molecule has 1 aliphatic rings. The number of aromatic nitrogens is 1. The minimum absolute atomic E-state index is 0.0146. The van der Waals surface area contributed by atoms with Gasteiger partial charge in [-0.25, -0.2) is 0 Å². The summed E-state index contributed by atoms with van der Waals surface area (Å²) in [4.78, 5) is 16.3. The summed E-state index contributed by atoms with van der Waals surface area (Å²) in [5.74, 6) is 0.746. The number of carbonyl (C=O) groups is 1. The summed E-state index contributed by atoms with van der Waals surface area (Å²) in [6.45, 7) is 2.23. The summed E-state index contributed by atoms with van der Waals surface area (Å²) in [5, 5.41) is 6.19. The third kappa shape index (κ3) is 3.46. The molecule has 0 spiro atoms. The maximum absolute atomic E-state index is 12.3. The molecule has 1 fully saturated rings. The lowest BCUT2D eigenvalue weighted by Crippen LogP contribution is -2.38. The number of nitrogens with one attached hydrogen (secondary N) is 2. The Hall–Kier alpha value is -1.58. The van der Waals surface area contributed by atoms with Gasteiger partial charge in [0.05, 0.1) is 5.56 Å². The third-order valence-corrected chi connectivity index (χ3v) is 4.03. The molecule has 1 aromatic heterocycles. The van der Waals surface area contributed by atoms with E-state index in [1.807, 2.05) is 13.1 Å². The summed E-state index contributed by atoms with van der Waals surface area (Å²) in [7, 11) is 1.82. The molecule has 1 aliphatic carbocycles. The van der Waals surface area contributed by atoms with Gasteiger partial charge in [0, 0.05) is 31.2 Å². The molecule has 19 heavy (non-hydrogen) atoms.